The Morgan fingerprint density at radius 1 is 0.575 bits per heavy atom. The van der Waals surface area contributed by atoms with Crippen LogP contribution in [0.25, 0.3) is 12.2 Å². The second-order valence-electron chi connectivity index (χ2n) is 7.90. The van der Waals surface area contributed by atoms with E-state index in [2.05, 4.69) is 0 Å². The highest BCUT2D eigenvalue weighted by atomic mass is 16.7. The van der Waals surface area contributed by atoms with Gasteiger partial charge in [-0.3, -0.25) is 4.79 Å². The molecule has 0 spiro atoms. The quantitative estimate of drug-likeness (QED) is 0.133. The fourth-order valence-electron chi connectivity index (χ4n) is 3.29. The van der Waals surface area contributed by atoms with Crippen molar-refractivity contribution in [1.29, 1.82) is 0 Å². The maximum atomic E-state index is 12.6. The van der Waals surface area contributed by atoms with E-state index in [1.54, 1.807) is 50.6 Å². The van der Waals surface area contributed by atoms with E-state index in [9.17, 15) is 4.79 Å². The summed E-state index contributed by atoms with van der Waals surface area (Å²) in [6, 6.07) is 6.92. The molecule has 11 heteroatoms. The predicted octanol–water partition coefficient (Wildman–Crippen LogP) is 4.02. The molecule has 0 bridgehead atoms. The molecule has 0 aromatic heterocycles. The van der Waals surface area contributed by atoms with Gasteiger partial charge in [-0.05, 0) is 47.5 Å². The first-order chi connectivity index (χ1) is 19.5. The van der Waals surface area contributed by atoms with Gasteiger partial charge < -0.3 is 47.4 Å². The summed E-state index contributed by atoms with van der Waals surface area (Å²) in [6.45, 7) is 1.68. The Balaban J connectivity index is 2.11. The van der Waals surface area contributed by atoms with Gasteiger partial charge in [-0.25, -0.2) is 0 Å². The van der Waals surface area contributed by atoms with Gasteiger partial charge in [-0.2, -0.15) is 0 Å². The minimum atomic E-state index is -0.241. The Kier molecular flexibility index (Phi) is 15.0. The molecular weight excluding hydrogens is 524 g/mol. The second-order valence-corrected chi connectivity index (χ2v) is 7.90. The van der Waals surface area contributed by atoms with Crippen LogP contribution in [-0.4, -0.2) is 88.5 Å². The number of ether oxygens (including phenoxy) is 10. The van der Waals surface area contributed by atoms with E-state index in [0.717, 1.165) is 0 Å². The number of methoxy groups -OCH3 is 6. The lowest BCUT2D eigenvalue weighted by molar-refractivity contribution is -0.110. The van der Waals surface area contributed by atoms with Gasteiger partial charge in [-0.15, -0.1) is 0 Å². The van der Waals surface area contributed by atoms with Crippen LogP contribution in [0.5, 0.6) is 34.5 Å². The molecule has 0 saturated carbocycles. The summed E-state index contributed by atoms with van der Waals surface area (Å²) in [4.78, 5) is 12.6. The Morgan fingerprint density at radius 3 is 1.23 bits per heavy atom. The van der Waals surface area contributed by atoms with Gasteiger partial charge in [0.25, 0.3) is 0 Å². The summed E-state index contributed by atoms with van der Waals surface area (Å²) in [5.41, 5.74) is 1.36. The largest absolute Gasteiger partial charge is 0.493 e. The molecule has 220 valence electrons. The molecule has 2 rings (SSSR count). The number of ketones is 1. The van der Waals surface area contributed by atoms with Crippen LogP contribution in [0.4, 0.5) is 0 Å². The van der Waals surface area contributed by atoms with Crippen LogP contribution in [0.15, 0.2) is 36.4 Å². The van der Waals surface area contributed by atoms with Crippen molar-refractivity contribution in [3.63, 3.8) is 0 Å². The summed E-state index contributed by atoms with van der Waals surface area (Å²) in [5.74, 6) is 2.27. The van der Waals surface area contributed by atoms with Crippen LogP contribution in [-0.2, 0) is 23.7 Å². The van der Waals surface area contributed by atoms with Crippen molar-refractivity contribution in [1.82, 2.24) is 0 Å². The van der Waals surface area contributed by atoms with E-state index >= 15 is 0 Å². The van der Waals surface area contributed by atoms with Crippen LogP contribution in [0.1, 0.15) is 11.1 Å². The third-order valence-electron chi connectivity index (χ3n) is 5.28. The lowest BCUT2D eigenvalue weighted by atomic mass is 10.1. The number of hydrogen-bond acceptors (Lipinski definition) is 11. The molecule has 11 nitrogen and oxygen atoms in total. The van der Waals surface area contributed by atoms with Gasteiger partial charge in [0, 0.05) is 14.2 Å². The van der Waals surface area contributed by atoms with E-state index < -0.39 is 0 Å². The SMILES string of the molecule is COCCOCOc1c(OC)cc(/C=C/C(=O)/C=C/c2cc(OC)c(OCOCCOC)c(OC)c2)cc1OC. The van der Waals surface area contributed by atoms with E-state index in [-0.39, 0.29) is 19.4 Å². The molecule has 0 radical (unpaired) electrons. The summed E-state index contributed by atoms with van der Waals surface area (Å²) in [7, 11) is 9.25. The first-order valence-electron chi connectivity index (χ1n) is 12.3. The predicted molar refractivity (Wildman–Crippen MR) is 149 cm³/mol. The molecule has 0 aliphatic carbocycles. The molecule has 0 aliphatic heterocycles. The molecule has 0 amide bonds. The third kappa shape index (κ3) is 10.4. The van der Waals surface area contributed by atoms with Crippen LogP contribution >= 0.6 is 0 Å². The van der Waals surface area contributed by atoms with Crippen molar-refractivity contribution in [2.45, 2.75) is 0 Å². The van der Waals surface area contributed by atoms with E-state index in [4.69, 9.17) is 47.4 Å². The lowest BCUT2D eigenvalue weighted by Gasteiger charge is -2.15. The first kappa shape index (κ1) is 32.4. The molecule has 0 saturated heterocycles. The fourth-order valence-corrected chi connectivity index (χ4v) is 3.29. The van der Waals surface area contributed by atoms with Gasteiger partial charge in [0.05, 0.1) is 54.9 Å². The maximum absolute atomic E-state index is 12.6. The Morgan fingerprint density at radius 2 is 0.925 bits per heavy atom. The van der Waals surface area contributed by atoms with Gasteiger partial charge >= 0.3 is 0 Å². The smallest absolute Gasteiger partial charge is 0.206 e. The van der Waals surface area contributed by atoms with Crippen LogP contribution in [0.2, 0.25) is 0 Å². The molecule has 0 unspecified atom stereocenters. The number of rotatable bonds is 20. The van der Waals surface area contributed by atoms with E-state index in [1.807, 2.05) is 0 Å². The highest BCUT2D eigenvalue weighted by Gasteiger charge is 2.15. The van der Waals surface area contributed by atoms with Crippen molar-refractivity contribution < 1.29 is 52.2 Å². The van der Waals surface area contributed by atoms with Crippen molar-refractivity contribution >= 4 is 17.9 Å². The van der Waals surface area contributed by atoms with Gasteiger partial charge in [-0.1, -0.05) is 12.2 Å². The minimum absolute atomic E-state index is 0.000608. The highest BCUT2D eigenvalue weighted by molar-refractivity contribution is 6.04. The van der Waals surface area contributed by atoms with Crippen molar-refractivity contribution in [2.75, 3.05) is 82.7 Å². The zero-order valence-electron chi connectivity index (χ0n) is 23.9. The van der Waals surface area contributed by atoms with Crippen LogP contribution < -0.4 is 28.4 Å². The number of benzene rings is 2. The second kappa shape index (κ2) is 18.5. The van der Waals surface area contributed by atoms with Crippen LogP contribution in [0.3, 0.4) is 0 Å². The zero-order valence-corrected chi connectivity index (χ0v) is 23.9. The van der Waals surface area contributed by atoms with Crippen molar-refractivity contribution in [3.05, 3.63) is 47.5 Å². The summed E-state index contributed by atoms with van der Waals surface area (Å²) < 4.78 is 53.7. The molecule has 0 heterocycles. The fraction of sp³-hybridized carbons (Fsp3) is 0.414. The molecule has 0 aliphatic rings. The Labute approximate surface area is 235 Å². The number of carbonyl (C=O) groups excluding carboxylic acids is 1. The lowest BCUT2D eigenvalue weighted by Crippen LogP contribution is -2.09. The standard InChI is InChI=1S/C29H38O11/c1-31-11-13-37-19-39-28-24(33-3)15-21(16-25(28)34-4)7-9-23(30)10-8-22-17-26(35-5)29(27(18-22)36-6)40-20-38-14-12-32-2/h7-10,15-18H,11-14,19-20H2,1-6H3/b9-7+,10-8+. The van der Waals surface area contributed by atoms with E-state index in [1.165, 1.54) is 40.6 Å². The third-order valence-corrected chi connectivity index (χ3v) is 5.28. The number of hydrogen-bond donors (Lipinski definition) is 0. The maximum Gasteiger partial charge on any atom is 0.206 e. The molecule has 0 N–H and O–H groups in total. The topological polar surface area (TPSA) is 109 Å². The number of allylic oxidation sites excluding steroid dienone is 2. The number of carbonyl (C=O) groups is 1. The first-order valence-corrected chi connectivity index (χ1v) is 12.3. The molecule has 2 aromatic carbocycles. The average Bonchev–Trinajstić information content (AvgIpc) is 2.98. The molecular formula is C29H38O11. The Bertz CT molecular complexity index is 976. The summed E-state index contributed by atoms with van der Waals surface area (Å²) in [6.07, 6.45) is 6.17. The van der Waals surface area contributed by atoms with Crippen molar-refractivity contribution in [2.24, 2.45) is 0 Å². The Hall–Kier alpha value is -3.77. The molecule has 0 atom stereocenters. The van der Waals surface area contributed by atoms with Crippen molar-refractivity contribution in [3.8, 4) is 34.5 Å². The van der Waals surface area contributed by atoms with Gasteiger partial charge in [0.1, 0.15) is 0 Å². The van der Waals surface area contributed by atoms with Gasteiger partial charge in [0.2, 0.25) is 11.5 Å². The van der Waals surface area contributed by atoms with Crippen LogP contribution in [0, 0.1) is 0 Å². The van der Waals surface area contributed by atoms with Gasteiger partial charge in [0.15, 0.2) is 42.4 Å². The minimum Gasteiger partial charge on any atom is -0.493 e. The highest BCUT2D eigenvalue weighted by Crippen LogP contribution is 2.40. The zero-order chi connectivity index (χ0) is 29.2. The van der Waals surface area contributed by atoms with E-state index in [0.29, 0.717) is 72.1 Å². The normalized spacial score (nSPS) is 11.2. The molecule has 2 aromatic rings. The molecule has 0 fully saturated rings. The monoisotopic (exact) mass is 562 g/mol. The summed E-state index contributed by atoms with van der Waals surface area (Å²) >= 11 is 0. The summed E-state index contributed by atoms with van der Waals surface area (Å²) in [5, 5.41) is 0. The molecule has 40 heavy (non-hydrogen) atoms. The average molecular weight is 563 g/mol.